The van der Waals surface area contributed by atoms with Gasteiger partial charge >= 0.3 is 0 Å². The Kier molecular flexibility index (Phi) is 5.83. The van der Waals surface area contributed by atoms with E-state index in [1.165, 1.54) is 11.6 Å². The van der Waals surface area contributed by atoms with E-state index < -0.39 is 0 Å². The Bertz CT molecular complexity index is 1480. The van der Waals surface area contributed by atoms with Gasteiger partial charge in [-0.3, -0.25) is 4.79 Å². The molecule has 3 aromatic carbocycles. The first-order valence-electron chi connectivity index (χ1n) is 11.2. The van der Waals surface area contributed by atoms with E-state index in [1.807, 2.05) is 72.8 Å². The lowest BCUT2D eigenvalue weighted by molar-refractivity contribution is -0.111. The third-order valence-electron chi connectivity index (χ3n) is 5.54. The number of benzene rings is 3. The van der Waals surface area contributed by atoms with E-state index in [4.69, 9.17) is 8.83 Å². The fraction of sp³-hybridized carbons (Fsp3) is 0.103. The summed E-state index contributed by atoms with van der Waals surface area (Å²) < 4.78 is 11.8. The molecular formula is C29H24N2O3. The number of amides is 1. The zero-order chi connectivity index (χ0) is 23.5. The Morgan fingerprint density at radius 1 is 0.882 bits per heavy atom. The third kappa shape index (κ3) is 4.69. The molecule has 5 heteroatoms. The van der Waals surface area contributed by atoms with Crippen LogP contribution in [-0.4, -0.2) is 10.9 Å². The van der Waals surface area contributed by atoms with Gasteiger partial charge in [0.25, 0.3) is 0 Å². The van der Waals surface area contributed by atoms with Crippen LogP contribution in [0.5, 0.6) is 0 Å². The van der Waals surface area contributed by atoms with Crippen LogP contribution >= 0.6 is 0 Å². The van der Waals surface area contributed by atoms with Crippen LogP contribution in [0.1, 0.15) is 31.1 Å². The lowest BCUT2D eigenvalue weighted by atomic mass is 10.0. The summed E-state index contributed by atoms with van der Waals surface area (Å²) in [7, 11) is 0. The van der Waals surface area contributed by atoms with Crippen LogP contribution in [-0.2, 0) is 4.79 Å². The second-order valence-electron chi connectivity index (χ2n) is 8.37. The van der Waals surface area contributed by atoms with Gasteiger partial charge in [-0.05, 0) is 60.0 Å². The molecule has 5 nitrogen and oxygen atoms in total. The SMILES string of the molecule is CC(C)c1ccc2oc(-c3cccc(NC(=O)C=Cc4ccc(-c5ccccc5)o4)c3)nc2c1. The minimum Gasteiger partial charge on any atom is -0.457 e. The maximum absolute atomic E-state index is 12.5. The van der Waals surface area contributed by atoms with E-state index >= 15 is 0 Å². The Morgan fingerprint density at radius 2 is 1.71 bits per heavy atom. The summed E-state index contributed by atoms with van der Waals surface area (Å²) >= 11 is 0. The van der Waals surface area contributed by atoms with Crippen LogP contribution in [0, 0.1) is 0 Å². The summed E-state index contributed by atoms with van der Waals surface area (Å²) in [6.45, 7) is 4.30. The number of anilines is 1. The molecule has 2 heterocycles. The summed E-state index contributed by atoms with van der Waals surface area (Å²) in [4.78, 5) is 17.1. The normalized spacial score (nSPS) is 11.5. The third-order valence-corrected chi connectivity index (χ3v) is 5.54. The molecule has 2 aromatic heterocycles. The first-order valence-corrected chi connectivity index (χ1v) is 11.2. The fourth-order valence-electron chi connectivity index (χ4n) is 3.70. The van der Waals surface area contributed by atoms with Crippen molar-refractivity contribution in [3.8, 4) is 22.8 Å². The van der Waals surface area contributed by atoms with E-state index in [0.717, 1.165) is 28.0 Å². The van der Waals surface area contributed by atoms with Crippen LogP contribution in [0.15, 0.2) is 99.8 Å². The van der Waals surface area contributed by atoms with Crippen molar-refractivity contribution in [2.75, 3.05) is 5.32 Å². The van der Waals surface area contributed by atoms with Gasteiger partial charge in [0.15, 0.2) is 5.58 Å². The average molecular weight is 449 g/mol. The largest absolute Gasteiger partial charge is 0.457 e. The molecule has 0 aliphatic heterocycles. The molecule has 5 rings (SSSR count). The van der Waals surface area contributed by atoms with E-state index in [9.17, 15) is 4.79 Å². The highest BCUT2D eigenvalue weighted by Crippen LogP contribution is 2.28. The van der Waals surface area contributed by atoms with Gasteiger partial charge in [-0.2, -0.15) is 0 Å². The maximum Gasteiger partial charge on any atom is 0.248 e. The van der Waals surface area contributed by atoms with Gasteiger partial charge in [0.05, 0.1) is 0 Å². The minimum atomic E-state index is -0.256. The average Bonchev–Trinajstić information content (AvgIpc) is 3.50. The molecule has 1 N–H and O–H groups in total. The lowest BCUT2D eigenvalue weighted by Gasteiger charge is -2.03. The van der Waals surface area contributed by atoms with Crippen molar-refractivity contribution in [2.45, 2.75) is 19.8 Å². The van der Waals surface area contributed by atoms with Crippen LogP contribution in [0.4, 0.5) is 5.69 Å². The van der Waals surface area contributed by atoms with E-state index in [1.54, 1.807) is 6.08 Å². The topological polar surface area (TPSA) is 68.3 Å². The summed E-state index contributed by atoms with van der Waals surface area (Å²) in [5.74, 6) is 2.05. The molecule has 168 valence electrons. The number of aromatic nitrogens is 1. The number of furan rings is 1. The van der Waals surface area contributed by atoms with Gasteiger partial charge in [-0.15, -0.1) is 0 Å². The van der Waals surface area contributed by atoms with Crippen LogP contribution in [0.2, 0.25) is 0 Å². The van der Waals surface area contributed by atoms with E-state index in [2.05, 4.69) is 36.3 Å². The maximum atomic E-state index is 12.5. The second kappa shape index (κ2) is 9.24. The van der Waals surface area contributed by atoms with Crippen LogP contribution in [0.25, 0.3) is 40.0 Å². The summed E-state index contributed by atoms with van der Waals surface area (Å²) in [5, 5.41) is 2.88. The predicted molar refractivity (Wildman–Crippen MR) is 135 cm³/mol. The number of carbonyl (C=O) groups excluding carboxylic acids is 1. The highest BCUT2D eigenvalue weighted by Gasteiger charge is 2.11. The zero-order valence-corrected chi connectivity index (χ0v) is 19.0. The van der Waals surface area contributed by atoms with Gasteiger partial charge in [0.2, 0.25) is 11.8 Å². The standard InChI is InChI=1S/C29H24N2O3/c1-19(2)21-11-14-27-25(18-21)31-29(34-27)22-9-6-10-23(17-22)30-28(32)16-13-24-12-15-26(33-24)20-7-4-3-5-8-20/h3-19H,1-2H3,(H,30,32). The van der Waals surface area contributed by atoms with Crippen molar-refractivity contribution in [3.05, 3.63) is 102 Å². The summed E-state index contributed by atoms with van der Waals surface area (Å²) in [6, 6.07) is 27.1. The Hall–Kier alpha value is -4.38. The predicted octanol–water partition coefficient (Wildman–Crippen LogP) is 7.53. The van der Waals surface area contributed by atoms with Crippen molar-refractivity contribution in [3.63, 3.8) is 0 Å². The number of rotatable bonds is 6. The number of hydrogen-bond donors (Lipinski definition) is 1. The molecule has 0 aliphatic carbocycles. The molecule has 34 heavy (non-hydrogen) atoms. The second-order valence-corrected chi connectivity index (χ2v) is 8.37. The molecule has 0 unspecified atom stereocenters. The van der Waals surface area contributed by atoms with Gasteiger partial charge in [-0.25, -0.2) is 4.98 Å². The molecule has 0 fully saturated rings. The van der Waals surface area contributed by atoms with Gasteiger partial charge in [-0.1, -0.05) is 56.3 Å². The molecule has 0 saturated heterocycles. The van der Waals surface area contributed by atoms with Gasteiger partial charge < -0.3 is 14.2 Å². The molecule has 1 amide bonds. The number of nitrogens with zero attached hydrogens (tertiary/aromatic N) is 1. The number of nitrogens with one attached hydrogen (secondary N) is 1. The van der Waals surface area contributed by atoms with Crippen molar-refractivity contribution in [1.29, 1.82) is 0 Å². The molecule has 0 saturated carbocycles. The molecule has 0 spiro atoms. The van der Waals surface area contributed by atoms with Crippen LogP contribution < -0.4 is 5.32 Å². The van der Waals surface area contributed by atoms with Crippen molar-refractivity contribution >= 4 is 28.8 Å². The van der Waals surface area contributed by atoms with E-state index in [0.29, 0.717) is 23.3 Å². The van der Waals surface area contributed by atoms with Crippen molar-refractivity contribution in [1.82, 2.24) is 4.98 Å². The van der Waals surface area contributed by atoms with Gasteiger partial charge in [0, 0.05) is 22.9 Å². The number of fused-ring (bicyclic) bond motifs is 1. The highest BCUT2D eigenvalue weighted by atomic mass is 16.3. The van der Waals surface area contributed by atoms with Crippen molar-refractivity contribution < 1.29 is 13.6 Å². The smallest absolute Gasteiger partial charge is 0.248 e. The van der Waals surface area contributed by atoms with Crippen LogP contribution in [0.3, 0.4) is 0 Å². The van der Waals surface area contributed by atoms with E-state index in [-0.39, 0.29) is 5.91 Å². The zero-order valence-electron chi connectivity index (χ0n) is 19.0. The number of oxazole rings is 1. The molecular weight excluding hydrogens is 424 g/mol. The lowest BCUT2D eigenvalue weighted by Crippen LogP contribution is -2.07. The highest BCUT2D eigenvalue weighted by molar-refractivity contribution is 6.02. The first kappa shape index (κ1) is 21.5. The minimum absolute atomic E-state index is 0.256. The quantitative estimate of drug-likeness (QED) is 0.273. The summed E-state index contributed by atoms with van der Waals surface area (Å²) in [6.07, 6.45) is 3.10. The molecule has 0 aliphatic rings. The monoisotopic (exact) mass is 448 g/mol. The molecule has 0 atom stereocenters. The van der Waals surface area contributed by atoms with Gasteiger partial charge in [0.1, 0.15) is 17.0 Å². The number of carbonyl (C=O) groups is 1. The fourth-order valence-corrected chi connectivity index (χ4v) is 3.70. The molecule has 5 aromatic rings. The Morgan fingerprint density at radius 3 is 2.53 bits per heavy atom. The molecule has 0 radical (unpaired) electrons. The Labute approximate surface area is 197 Å². The first-order chi connectivity index (χ1) is 16.5. The Balaban J connectivity index is 1.29. The summed E-state index contributed by atoms with van der Waals surface area (Å²) in [5.41, 5.74) is 5.22. The molecule has 0 bridgehead atoms. The number of hydrogen-bond acceptors (Lipinski definition) is 4. The van der Waals surface area contributed by atoms with Crippen molar-refractivity contribution in [2.24, 2.45) is 0 Å².